The molecule has 128 valence electrons. The first-order chi connectivity index (χ1) is 11.3. The van der Waals surface area contributed by atoms with Crippen molar-refractivity contribution in [2.24, 2.45) is 0 Å². The second-order valence-corrected chi connectivity index (χ2v) is 7.78. The number of amides is 1. The van der Waals surface area contributed by atoms with E-state index in [1.807, 2.05) is 0 Å². The molecular weight excluding hydrogens is 532 g/mol. The van der Waals surface area contributed by atoms with Crippen LogP contribution in [0.25, 0.3) is 0 Å². The van der Waals surface area contributed by atoms with Gasteiger partial charge in [0, 0.05) is 15.0 Å². The molecule has 0 bridgehead atoms. The molecule has 0 aliphatic rings. The SMILES string of the molecule is COc1c(NC(=O)CSc2nc(N)cc(=O)[nH]2)cc(Br)c(Br)c1Br. The minimum absolute atomic E-state index is 0.0425. The van der Waals surface area contributed by atoms with Gasteiger partial charge in [0.05, 0.1) is 23.0 Å². The predicted octanol–water partition coefficient (Wildman–Crippen LogP) is 3.38. The van der Waals surface area contributed by atoms with E-state index in [1.54, 1.807) is 6.07 Å². The Labute approximate surface area is 166 Å². The van der Waals surface area contributed by atoms with Crippen molar-refractivity contribution >= 4 is 77.0 Å². The minimum atomic E-state index is -0.368. The lowest BCUT2D eigenvalue weighted by Crippen LogP contribution is -2.16. The fraction of sp³-hybridized carbons (Fsp3) is 0.154. The molecule has 0 atom stereocenters. The smallest absolute Gasteiger partial charge is 0.253 e. The Morgan fingerprint density at radius 2 is 2.08 bits per heavy atom. The number of ether oxygens (including phenoxy) is 1. The largest absolute Gasteiger partial charge is 0.493 e. The number of halogens is 3. The zero-order valence-corrected chi connectivity index (χ0v) is 17.7. The average Bonchev–Trinajstić information content (AvgIpc) is 2.50. The summed E-state index contributed by atoms with van der Waals surface area (Å²) >= 11 is 11.3. The Morgan fingerprint density at radius 1 is 1.38 bits per heavy atom. The van der Waals surface area contributed by atoms with E-state index in [1.165, 1.54) is 13.2 Å². The van der Waals surface area contributed by atoms with Gasteiger partial charge in [-0.1, -0.05) is 11.8 Å². The molecule has 0 aliphatic heterocycles. The number of thioether (sulfide) groups is 1. The van der Waals surface area contributed by atoms with Crippen LogP contribution >= 0.6 is 59.6 Å². The zero-order valence-electron chi connectivity index (χ0n) is 12.2. The lowest BCUT2D eigenvalue weighted by Gasteiger charge is -2.14. The molecule has 0 radical (unpaired) electrons. The highest BCUT2D eigenvalue weighted by Gasteiger charge is 2.16. The summed E-state index contributed by atoms with van der Waals surface area (Å²) in [5, 5.41) is 3.03. The van der Waals surface area contributed by atoms with Gasteiger partial charge in [-0.15, -0.1) is 0 Å². The normalized spacial score (nSPS) is 10.5. The van der Waals surface area contributed by atoms with Crippen molar-refractivity contribution in [3.63, 3.8) is 0 Å². The third-order valence-electron chi connectivity index (χ3n) is 2.68. The van der Waals surface area contributed by atoms with E-state index in [2.05, 4.69) is 63.1 Å². The molecule has 2 aromatic rings. The van der Waals surface area contributed by atoms with Gasteiger partial charge in [-0.25, -0.2) is 4.98 Å². The van der Waals surface area contributed by atoms with Crippen LogP contribution in [0.1, 0.15) is 0 Å². The molecule has 11 heteroatoms. The van der Waals surface area contributed by atoms with E-state index in [4.69, 9.17) is 10.5 Å². The lowest BCUT2D eigenvalue weighted by atomic mass is 10.3. The van der Waals surface area contributed by atoms with Crippen LogP contribution in [-0.2, 0) is 4.79 Å². The summed E-state index contributed by atoms with van der Waals surface area (Å²) in [5.74, 6) is 0.341. The molecule has 2 rings (SSSR count). The summed E-state index contributed by atoms with van der Waals surface area (Å²) in [6, 6.07) is 2.89. The third-order valence-corrected chi connectivity index (χ3v) is 6.82. The summed E-state index contributed by atoms with van der Waals surface area (Å²) in [6.07, 6.45) is 0. The van der Waals surface area contributed by atoms with Gasteiger partial charge in [0.2, 0.25) is 5.91 Å². The van der Waals surface area contributed by atoms with Gasteiger partial charge >= 0.3 is 0 Å². The molecule has 0 aliphatic carbocycles. The van der Waals surface area contributed by atoms with Gasteiger partial charge in [0.15, 0.2) is 10.9 Å². The summed E-state index contributed by atoms with van der Waals surface area (Å²) in [6.45, 7) is 0. The van der Waals surface area contributed by atoms with E-state index in [9.17, 15) is 9.59 Å². The van der Waals surface area contributed by atoms with Crippen LogP contribution in [0.4, 0.5) is 11.5 Å². The molecule has 0 saturated carbocycles. The molecule has 0 fully saturated rings. The molecule has 1 heterocycles. The van der Waals surface area contributed by atoms with Gasteiger partial charge in [0.1, 0.15) is 5.82 Å². The third kappa shape index (κ3) is 4.74. The maximum atomic E-state index is 12.2. The number of nitrogens with zero attached hydrogens (tertiary/aromatic N) is 1. The fourth-order valence-electron chi connectivity index (χ4n) is 1.71. The number of carbonyl (C=O) groups is 1. The number of anilines is 2. The van der Waals surface area contributed by atoms with Crippen molar-refractivity contribution in [1.29, 1.82) is 0 Å². The lowest BCUT2D eigenvalue weighted by molar-refractivity contribution is -0.113. The monoisotopic (exact) mass is 540 g/mol. The van der Waals surface area contributed by atoms with Crippen LogP contribution in [0.2, 0.25) is 0 Å². The highest BCUT2D eigenvalue weighted by Crippen LogP contribution is 2.43. The number of H-pyrrole nitrogens is 1. The molecule has 4 N–H and O–H groups in total. The molecule has 1 aromatic carbocycles. The number of carbonyl (C=O) groups excluding carboxylic acids is 1. The van der Waals surface area contributed by atoms with Crippen molar-refractivity contribution in [3.05, 3.63) is 35.9 Å². The Kier molecular flexibility index (Phi) is 6.72. The number of aromatic nitrogens is 2. The quantitative estimate of drug-likeness (QED) is 0.303. The Morgan fingerprint density at radius 3 is 2.71 bits per heavy atom. The second kappa shape index (κ2) is 8.37. The Balaban J connectivity index is 2.11. The van der Waals surface area contributed by atoms with E-state index < -0.39 is 0 Å². The molecule has 0 spiro atoms. The zero-order chi connectivity index (χ0) is 17.9. The molecule has 1 amide bonds. The summed E-state index contributed by atoms with van der Waals surface area (Å²) in [5.41, 5.74) is 5.63. The number of aromatic amines is 1. The van der Waals surface area contributed by atoms with E-state index >= 15 is 0 Å². The second-order valence-electron chi connectivity index (χ2n) is 4.38. The van der Waals surface area contributed by atoms with E-state index in [0.717, 1.165) is 20.7 Å². The number of rotatable bonds is 5. The maximum absolute atomic E-state index is 12.2. The first-order valence-corrected chi connectivity index (χ1v) is 9.69. The highest BCUT2D eigenvalue weighted by atomic mass is 79.9. The molecule has 24 heavy (non-hydrogen) atoms. The van der Waals surface area contributed by atoms with E-state index in [-0.39, 0.29) is 28.2 Å². The molecule has 7 nitrogen and oxygen atoms in total. The molecule has 1 aromatic heterocycles. The number of methoxy groups -OCH3 is 1. The number of hydrogen-bond donors (Lipinski definition) is 3. The van der Waals surface area contributed by atoms with Crippen molar-refractivity contribution in [2.45, 2.75) is 5.16 Å². The van der Waals surface area contributed by atoms with E-state index in [0.29, 0.717) is 15.9 Å². The van der Waals surface area contributed by atoms with Crippen molar-refractivity contribution in [1.82, 2.24) is 9.97 Å². The topological polar surface area (TPSA) is 110 Å². The van der Waals surface area contributed by atoms with Gasteiger partial charge in [0.25, 0.3) is 5.56 Å². The minimum Gasteiger partial charge on any atom is -0.493 e. The number of hydrogen-bond acceptors (Lipinski definition) is 6. The summed E-state index contributed by atoms with van der Waals surface area (Å²) in [4.78, 5) is 29.9. The van der Waals surface area contributed by atoms with Crippen molar-refractivity contribution < 1.29 is 9.53 Å². The van der Waals surface area contributed by atoms with Crippen LogP contribution in [0.3, 0.4) is 0 Å². The summed E-state index contributed by atoms with van der Waals surface area (Å²) < 4.78 is 7.50. The Hall–Kier alpha value is -1.04. The van der Waals surface area contributed by atoms with Crippen LogP contribution in [0, 0.1) is 0 Å². The number of nitrogens with one attached hydrogen (secondary N) is 2. The van der Waals surface area contributed by atoms with Gasteiger partial charge in [-0.3, -0.25) is 9.59 Å². The molecule has 0 saturated heterocycles. The van der Waals surface area contributed by atoms with Crippen LogP contribution in [0.15, 0.2) is 35.5 Å². The van der Waals surface area contributed by atoms with Gasteiger partial charge in [-0.2, -0.15) is 0 Å². The highest BCUT2D eigenvalue weighted by molar-refractivity contribution is 9.14. The maximum Gasteiger partial charge on any atom is 0.253 e. The van der Waals surface area contributed by atoms with Crippen molar-refractivity contribution in [2.75, 3.05) is 23.9 Å². The average molecular weight is 543 g/mol. The fourth-order valence-corrected chi connectivity index (χ4v) is 3.97. The first-order valence-electron chi connectivity index (χ1n) is 6.32. The number of benzene rings is 1. The molecule has 0 unspecified atom stereocenters. The predicted molar refractivity (Wildman–Crippen MR) is 105 cm³/mol. The van der Waals surface area contributed by atoms with Crippen molar-refractivity contribution in [3.8, 4) is 5.75 Å². The molecular formula is C13H11Br3N4O3S. The summed E-state index contributed by atoms with van der Waals surface area (Å²) in [7, 11) is 1.51. The number of nitrogens with two attached hydrogens (primary N) is 1. The first kappa shape index (κ1) is 19.3. The van der Waals surface area contributed by atoms with Crippen LogP contribution < -0.4 is 21.3 Å². The standard InChI is InChI=1S/C13H11Br3N4O3S/c1-23-12-6(2-5(14)10(15)11(12)16)18-9(22)4-24-13-19-7(17)3-8(21)20-13/h2-3H,4H2,1H3,(H,18,22)(H3,17,19,20,21). The van der Waals surface area contributed by atoms with Crippen LogP contribution in [-0.4, -0.2) is 28.7 Å². The Bertz CT molecular complexity index is 844. The van der Waals surface area contributed by atoms with Gasteiger partial charge in [-0.05, 0) is 53.9 Å². The van der Waals surface area contributed by atoms with Gasteiger partial charge < -0.3 is 20.8 Å². The number of nitrogen functional groups attached to an aromatic ring is 1. The van der Waals surface area contributed by atoms with Crippen LogP contribution in [0.5, 0.6) is 5.75 Å².